The van der Waals surface area contributed by atoms with Gasteiger partial charge in [0, 0.05) is 0 Å². The molecule has 61 valence electrons. The van der Waals surface area contributed by atoms with E-state index in [2.05, 4.69) is 45.1 Å². The van der Waals surface area contributed by atoms with E-state index in [4.69, 9.17) is 0 Å². The molecule has 0 aromatic carbocycles. The van der Waals surface area contributed by atoms with E-state index in [1.54, 1.807) is 0 Å². The SMILES string of the molecule is Br.Br.Br.CCC(Br)C[Te]. The summed E-state index contributed by atoms with van der Waals surface area (Å²) >= 11 is 5.60. The maximum absolute atomic E-state index is 3.48. The van der Waals surface area contributed by atoms with Crippen molar-refractivity contribution in [1.29, 1.82) is 0 Å². The average molecular weight is 506 g/mol. The van der Waals surface area contributed by atoms with Gasteiger partial charge in [0.1, 0.15) is 0 Å². The summed E-state index contributed by atoms with van der Waals surface area (Å²) in [5, 5.41) is 0. The number of hydrogen-bond acceptors (Lipinski definition) is 0. The second-order valence-corrected chi connectivity index (χ2v) is 3.42. The number of rotatable bonds is 2. The summed E-state index contributed by atoms with van der Waals surface area (Å²) in [5.41, 5.74) is 0. The Kier molecular flexibility index (Phi) is 42.6. The molecule has 0 bridgehead atoms. The Morgan fingerprint density at radius 1 is 1.33 bits per heavy atom. The van der Waals surface area contributed by atoms with E-state index >= 15 is 0 Å². The Labute approximate surface area is 110 Å². The molecule has 1 atom stereocenters. The van der Waals surface area contributed by atoms with Crippen LogP contribution in [0.4, 0.5) is 0 Å². The van der Waals surface area contributed by atoms with Crippen LogP contribution in [0, 0.1) is 0 Å². The monoisotopic (exact) mass is 505 g/mol. The summed E-state index contributed by atoms with van der Waals surface area (Å²) in [4.78, 5) is 0.752. The van der Waals surface area contributed by atoms with Crippen LogP contribution in [0.2, 0.25) is 4.47 Å². The quantitative estimate of drug-likeness (QED) is 0.398. The third kappa shape index (κ3) is 18.0. The van der Waals surface area contributed by atoms with Crippen molar-refractivity contribution in [3.05, 3.63) is 0 Å². The van der Waals surface area contributed by atoms with Crippen molar-refractivity contribution in [3.63, 3.8) is 0 Å². The first-order valence-corrected chi connectivity index (χ1v) is 4.59. The maximum atomic E-state index is 3.48. The van der Waals surface area contributed by atoms with E-state index < -0.39 is 0 Å². The van der Waals surface area contributed by atoms with Gasteiger partial charge in [0.15, 0.2) is 0 Å². The van der Waals surface area contributed by atoms with Gasteiger partial charge in [-0.2, -0.15) is 0 Å². The summed E-state index contributed by atoms with van der Waals surface area (Å²) in [6.45, 7) is 2.19. The van der Waals surface area contributed by atoms with Crippen molar-refractivity contribution in [2.45, 2.75) is 22.6 Å². The molecule has 0 N–H and O–H groups in total. The molecule has 0 saturated heterocycles. The zero-order chi connectivity index (χ0) is 4.99. The molecular weight excluding hydrogens is 495 g/mol. The molecule has 0 aromatic rings. The third-order valence-electron chi connectivity index (χ3n) is 0.624. The second kappa shape index (κ2) is 17.0. The van der Waals surface area contributed by atoms with Gasteiger partial charge < -0.3 is 0 Å². The van der Waals surface area contributed by atoms with Gasteiger partial charge in [-0.05, 0) is 0 Å². The van der Waals surface area contributed by atoms with Crippen LogP contribution in [-0.2, 0) is 0 Å². The van der Waals surface area contributed by atoms with Crippen molar-refractivity contribution in [2.75, 3.05) is 0 Å². The van der Waals surface area contributed by atoms with Gasteiger partial charge in [-0.15, -0.1) is 50.9 Å². The second-order valence-electron chi connectivity index (χ2n) is 1.17. The summed E-state index contributed by atoms with van der Waals surface area (Å²) in [7, 11) is 0. The van der Waals surface area contributed by atoms with E-state index in [0.717, 1.165) is 4.83 Å². The Bertz CT molecular complexity index is 31.7. The zero-order valence-electron chi connectivity index (χ0n) is 5.00. The summed E-state index contributed by atoms with van der Waals surface area (Å²) in [6.07, 6.45) is 1.25. The van der Waals surface area contributed by atoms with Gasteiger partial charge in [0.2, 0.25) is 0 Å². The molecular formula is C4H11Br4Te. The van der Waals surface area contributed by atoms with Crippen LogP contribution in [0.5, 0.6) is 0 Å². The minimum absolute atomic E-state index is 0. The van der Waals surface area contributed by atoms with Gasteiger partial charge in [-0.1, -0.05) is 0 Å². The van der Waals surface area contributed by atoms with Gasteiger partial charge in [0.25, 0.3) is 0 Å². The van der Waals surface area contributed by atoms with Crippen molar-refractivity contribution >= 4 is 89.2 Å². The van der Waals surface area contributed by atoms with Crippen molar-refractivity contribution in [2.24, 2.45) is 0 Å². The number of hydrogen-bond donors (Lipinski definition) is 0. The fraction of sp³-hybridized carbons (Fsp3) is 1.00. The van der Waals surface area contributed by atoms with Crippen LogP contribution in [0.1, 0.15) is 13.3 Å². The molecule has 1 unspecified atom stereocenters. The van der Waals surface area contributed by atoms with E-state index in [-0.39, 0.29) is 50.9 Å². The molecule has 1 radical (unpaired) electrons. The van der Waals surface area contributed by atoms with E-state index in [0.29, 0.717) is 0 Å². The Hall–Kier alpha value is 2.71. The van der Waals surface area contributed by atoms with Crippen LogP contribution < -0.4 is 0 Å². The molecule has 9 heavy (non-hydrogen) atoms. The molecule has 0 fully saturated rings. The topological polar surface area (TPSA) is 0 Å². The van der Waals surface area contributed by atoms with Crippen LogP contribution in [-0.4, -0.2) is 27.1 Å². The fourth-order valence-corrected chi connectivity index (χ4v) is 0.791. The number of halogens is 4. The molecule has 0 aliphatic heterocycles. The first kappa shape index (κ1) is 22.6. The van der Waals surface area contributed by atoms with Crippen molar-refractivity contribution in [3.8, 4) is 0 Å². The molecule has 0 amide bonds. The molecule has 0 nitrogen and oxygen atoms in total. The van der Waals surface area contributed by atoms with Gasteiger partial charge >= 0.3 is 60.9 Å². The normalized spacial score (nSPS) is 9.67. The first-order valence-electron chi connectivity index (χ1n) is 2.03. The molecule has 0 rings (SSSR count). The fourth-order valence-electron chi connectivity index (χ4n) is 0.118. The molecule has 0 spiro atoms. The molecule has 0 aromatic heterocycles. The van der Waals surface area contributed by atoms with Crippen molar-refractivity contribution < 1.29 is 0 Å². The predicted molar refractivity (Wildman–Crippen MR) is 64.5 cm³/mol. The average Bonchev–Trinajstić information content (AvgIpc) is 1.65. The Morgan fingerprint density at radius 3 is 1.67 bits per heavy atom. The molecule has 0 heterocycles. The summed E-state index contributed by atoms with van der Waals surface area (Å²) < 4.78 is 1.26. The van der Waals surface area contributed by atoms with E-state index in [9.17, 15) is 0 Å². The van der Waals surface area contributed by atoms with Gasteiger partial charge in [0.05, 0.1) is 0 Å². The number of alkyl halides is 1. The van der Waals surface area contributed by atoms with Crippen LogP contribution in [0.15, 0.2) is 0 Å². The summed E-state index contributed by atoms with van der Waals surface area (Å²) in [6, 6.07) is 0. The standard InChI is InChI=1S/C4H8BrTe.3BrH/c1-2-4(5)3-6;;;/h4H,2-3H2,1H3;3*1H. The van der Waals surface area contributed by atoms with Gasteiger partial charge in [-0.3, -0.25) is 0 Å². The summed E-state index contributed by atoms with van der Waals surface area (Å²) in [5.74, 6) is 0. The van der Waals surface area contributed by atoms with E-state index in [1.807, 2.05) is 0 Å². The predicted octanol–water partition coefficient (Wildman–Crippen LogP) is 3.48. The van der Waals surface area contributed by atoms with Crippen LogP contribution >= 0.6 is 66.9 Å². The van der Waals surface area contributed by atoms with Crippen LogP contribution in [0.25, 0.3) is 0 Å². The van der Waals surface area contributed by atoms with Crippen molar-refractivity contribution in [1.82, 2.24) is 0 Å². The van der Waals surface area contributed by atoms with E-state index in [1.165, 1.54) is 10.9 Å². The van der Waals surface area contributed by atoms with Gasteiger partial charge in [-0.25, -0.2) is 0 Å². The zero-order valence-corrected chi connectivity index (χ0v) is 14.1. The minimum atomic E-state index is 0. The molecule has 0 saturated carbocycles. The molecule has 0 aliphatic rings. The third-order valence-corrected chi connectivity index (χ3v) is 4.08. The Morgan fingerprint density at radius 2 is 1.67 bits per heavy atom. The van der Waals surface area contributed by atoms with Crippen LogP contribution in [0.3, 0.4) is 0 Å². The molecule has 5 heteroatoms. The Balaban J connectivity index is -0.0000000417. The molecule has 0 aliphatic carbocycles. The first-order chi connectivity index (χ1) is 2.81.